The van der Waals surface area contributed by atoms with Crippen LogP contribution in [0.3, 0.4) is 0 Å². The molecule has 0 fully saturated rings. The van der Waals surface area contributed by atoms with E-state index in [1.807, 2.05) is 6.92 Å². The maximum Gasteiger partial charge on any atom is 0.211 e. The van der Waals surface area contributed by atoms with Crippen molar-refractivity contribution >= 4 is 11.7 Å². The number of hydrogen-bond donors (Lipinski definition) is 2. The van der Waals surface area contributed by atoms with Crippen LogP contribution in [0.1, 0.15) is 39.5 Å². The molecule has 0 aliphatic carbocycles. The molecular weight excluding hydrogens is 152 g/mol. The van der Waals surface area contributed by atoms with E-state index in [2.05, 4.69) is 17.1 Å². The fourth-order valence-corrected chi connectivity index (χ4v) is 0.824. The van der Waals surface area contributed by atoms with Crippen LogP contribution in [-0.4, -0.2) is 11.7 Å². The number of hydrogen-bond acceptors (Lipinski definition) is 2. The molecular formula is C8H18N4. The third-order valence-electron chi connectivity index (χ3n) is 1.48. The monoisotopic (exact) mass is 170 g/mol. The molecule has 70 valence electrons. The van der Waals surface area contributed by atoms with E-state index in [1.54, 1.807) is 0 Å². The maximum absolute atomic E-state index is 5.12. The van der Waals surface area contributed by atoms with Crippen molar-refractivity contribution < 1.29 is 0 Å². The normalized spacial score (nSPS) is 11.3. The van der Waals surface area contributed by atoms with Crippen LogP contribution >= 0.6 is 0 Å². The summed E-state index contributed by atoms with van der Waals surface area (Å²) in [5, 5.41) is 7.41. The highest BCUT2D eigenvalue weighted by Gasteiger charge is 1.90. The Morgan fingerprint density at radius 2 is 1.83 bits per heavy atom. The summed E-state index contributed by atoms with van der Waals surface area (Å²) in [6, 6.07) is 0. The van der Waals surface area contributed by atoms with Crippen LogP contribution in [0.2, 0.25) is 0 Å². The lowest BCUT2D eigenvalue weighted by Gasteiger charge is -1.96. The molecule has 0 unspecified atom stereocenters. The fraction of sp³-hybridized carbons (Fsp3) is 0.750. The van der Waals surface area contributed by atoms with Gasteiger partial charge in [-0.25, -0.2) is 0 Å². The Hall–Kier alpha value is -1.06. The van der Waals surface area contributed by atoms with Gasteiger partial charge >= 0.3 is 0 Å². The minimum atomic E-state index is 0.0184. The lowest BCUT2D eigenvalue weighted by atomic mass is 10.1. The first kappa shape index (κ1) is 10.9. The van der Waals surface area contributed by atoms with Crippen LogP contribution in [0.25, 0.3) is 0 Å². The molecule has 0 aromatic heterocycles. The molecule has 0 bridgehead atoms. The standard InChI is InChI=1S/C8H18N4/c1-3-4-5-6-7(2)11-12-8(9)10/h3-6H2,1-2H3,(H4,9,10,12)/b11-7+. The molecule has 0 saturated heterocycles. The summed E-state index contributed by atoms with van der Waals surface area (Å²) < 4.78 is 0. The van der Waals surface area contributed by atoms with E-state index in [-0.39, 0.29) is 5.96 Å². The van der Waals surface area contributed by atoms with Crippen molar-refractivity contribution in [1.29, 1.82) is 0 Å². The molecule has 0 aromatic rings. The third kappa shape index (κ3) is 7.05. The van der Waals surface area contributed by atoms with Gasteiger partial charge in [-0.1, -0.05) is 19.8 Å². The second-order valence-electron chi connectivity index (χ2n) is 2.82. The number of rotatable bonds is 5. The van der Waals surface area contributed by atoms with Gasteiger partial charge in [-0.15, -0.1) is 5.10 Å². The summed E-state index contributed by atoms with van der Waals surface area (Å²) >= 11 is 0. The molecule has 0 saturated carbocycles. The first-order valence-corrected chi connectivity index (χ1v) is 4.29. The van der Waals surface area contributed by atoms with Gasteiger partial charge in [0.05, 0.1) is 0 Å². The van der Waals surface area contributed by atoms with Gasteiger partial charge < -0.3 is 11.5 Å². The Kier molecular flexibility index (Phi) is 6.05. The van der Waals surface area contributed by atoms with E-state index < -0.39 is 0 Å². The van der Waals surface area contributed by atoms with Gasteiger partial charge in [0.25, 0.3) is 0 Å². The van der Waals surface area contributed by atoms with Gasteiger partial charge in [-0.2, -0.15) is 5.10 Å². The maximum atomic E-state index is 5.12. The van der Waals surface area contributed by atoms with E-state index >= 15 is 0 Å². The minimum Gasteiger partial charge on any atom is -0.369 e. The molecule has 12 heavy (non-hydrogen) atoms. The van der Waals surface area contributed by atoms with Gasteiger partial charge in [-0.05, 0) is 19.8 Å². The van der Waals surface area contributed by atoms with Crippen molar-refractivity contribution in [3.05, 3.63) is 0 Å². The third-order valence-corrected chi connectivity index (χ3v) is 1.48. The smallest absolute Gasteiger partial charge is 0.211 e. The number of nitrogens with zero attached hydrogens (tertiary/aromatic N) is 2. The van der Waals surface area contributed by atoms with E-state index in [4.69, 9.17) is 11.5 Å². The van der Waals surface area contributed by atoms with Crippen molar-refractivity contribution in [2.75, 3.05) is 0 Å². The predicted molar refractivity (Wildman–Crippen MR) is 53.1 cm³/mol. The number of guanidine groups is 1. The molecule has 4 N–H and O–H groups in total. The molecule has 0 heterocycles. The summed E-state index contributed by atoms with van der Waals surface area (Å²) in [6.45, 7) is 4.10. The highest BCUT2D eigenvalue weighted by Crippen LogP contribution is 2.00. The van der Waals surface area contributed by atoms with E-state index in [0.717, 1.165) is 18.6 Å². The molecule has 4 nitrogen and oxygen atoms in total. The van der Waals surface area contributed by atoms with Gasteiger partial charge in [0.2, 0.25) is 5.96 Å². The summed E-state index contributed by atoms with van der Waals surface area (Å²) in [4.78, 5) is 0. The van der Waals surface area contributed by atoms with Gasteiger partial charge in [0, 0.05) is 5.71 Å². The molecule has 0 spiro atoms. The highest BCUT2D eigenvalue weighted by atomic mass is 15.3. The summed E-state index contributed by atoms with van der Waals surface area (Å²) in [5.74, 6) is 0.0184. The molecule has 0 amide bonds. The van der Waals surface area contributed by atoms with Crippen molar-refractivity contribution in [3.63, 3.8) is 0 Å². The van der Waals surface area contributed by atoms with Crippen molar-refractivity contribution in [2.24, 2.45) is 21.7 Å². The highest BCUT2D eigenvalue weighted by molar-refractivity contribution is 5.83. The van der Waals surface area contributed by atoms with Crippen molar-refractivity contribution in [1.82, 2.24) is 0 Å². The average Bonchev–Trinajstić information content (AvgIpc) is 2.01. The number of unbranched alkanes of at least 4 members (excludes halogenated alkanes) is 2. The summed E-state index contributed by atoms with van der Waals surface area (Å²) in [5.41, 5.74) is 11.2. The summed E-state index contributed by atoms with van der Waals surface area (Å²) in [6.07, 6.45) is 4.58. The van der Waals surface area contributed by atoms with Gasteiger partial charge in [0.1, 0.15) is 0 Å². The Balaban J connectivity index is 3.63. The molecule has 0 aliphatic heterocycles. The SMILES string of the molecule is CCCCC/C(C)=N/N=C(N)N. The second-order valence-corrected chi connectivity index (χ2v) is 2.82. The van der Waals surface area contributed by atoms with Gasteiger partial charge in [0.15, 0.2) is 0 Å². The molecule has 4 heteroatoms. The zero-order valence-corrected chi connectivity index (χ0v) is 7.88. The number of nitrogens with two attached hydrogens (primary N) is 2. The first-order chi connectivity index (χ1) is 5.66. The summed E-state index contributed by atoms with van der Waals surface area (Å²) in [7, 11) is 0. The van der Waals surface area contributed by atoms with Crippen LogP contribution in [0.4, 0.5) is 0 Å². The Morgan fingerprint density at radius 1 is 1.17 bits per heavy atom. The largest absolute Gasteiger partial charge is 0.369 e. The molecule has 0 atom stereocenters. The van der Waals surface area contributed by atoms with Crippen molar-refractivity contribution in [2.45, 2.75) is 39.5 Å². The van der Waals surface area contributed by atoms with E-state index in [0.29, 0.717) is 0 Å². The average molecular weight is 170 g/mol. The first-order valence-electron chi connectivity index (χ1n) is 4.29. The van der Waals surface area contributed by atoms with Crippen LogP contribution in [0.15, 0.2) is 10.2 Å². The Bertz CT molecular complexity index is 168. The van der Waals surface area contributed by atoms with Crippen molar-refractivity contribution in [3.8, 4) is 0 Å². The van der Waals surface area contributed by atoms with Crippen LogP contribution < -0.4 is 11.5 Å². The fourth-order valence-electron chi connectivity index (χ4n) is 0.824. The van der Waals surface area contributed by atoms with Crippen LogP contribution in [-0.2, 0) is 0 Å². The lowest BCUT2D eigenvalue weighted by Crippen LogP contribution is -2.22. The topological polar surface area (TPSA) is 76.8 Å². The van der Waals surface area contributed by atoms with Gasteiger partial charge in [-0.3, -0.25) is 0 Å². The van der Waals surface area contributed by atoms with Crippen LogP contribution in [0, 0.1) is 0 Å². The molecule has 0 rings (SSSR count). The zero-order valence-electron chi connectivity index (χ0n) is 7.88. The predicted octanol–water partition coefficient (Wildman–Crippen LogP) is 1.22. The van der Waals surface area contributed by atoms with Crippen LogP contribution in [0.5, 0.6) is 0 Å². The Morgan fingerprint density at radius 3 is 2.33 bits per heavy atom. The molecule has 0 aromatic carbocycles. The van der Waals surface area contributed by atoms with E-state index in [9.17, 15) is 0 Å². The lowest BCUT2D eigenvalue weighted by molar-refractivity contribution is 0.740. The Labute approximate surface area is 73.7 Å². The quantitative estimate of drug-likeness (QED) is 0.281. The molecule has 0 radical (unpaired) electrons. The van der Waals surface area contributed by atoms with E-state index in [1.165, 1.54) is 12.8 Å². The molecule has 0 aliphatic rings. The second kappa shape index (κ2) is 6.64. The zero-order chi connectivity index (χ0) is 9.40. The minimum absolute atomic E-state index is 0.0184.